The number of nitrogens with one attached hydrogen (secondary N) is 2. The first-order valence-electron chi connectivity index (χ1n) is 8.36. The van der Waals surface area contributed by atoms with Crippen LogP contribution >= 0.6 is 0 Å². The second-order valence-corrected chi connectivity index (χ2v) is 5.91. The van der Waals surface area contributed by atoms with Gasteiger partial charge in [-0.1, -0.05) is 0 Å². The van der Waals surface area contributed by atoms with Crippen LogP contribution in [0.25, 0.3) is 11.3 Å². The molecule has 7 nitrogen and oxygen atoms in total. The smallest absolute Gasteiger partial charge is 0.225 e. The van der Waals surface area contributed by atoms with Gasteiger partial charge < -0.3 is 20.5 Å². The maximum atomic E-state index is 13.9. The summed E-state index contributed by atoms with van der Waals surface area (Å²) in [5.74, 6) is 0.505. The largest absolute Gasteiger partial charge is 0.494 e. The Kier molecular flexibility index (Phi) is 5.77. The van der Waals surface area contributed by atoms with E-state index in [1.54, 1.807) is 24.5 Å². The van der Waals surface area contributed by atoms with E-state index in [9.17, 15) is 9.50 Å². The molecule has 140 valence electrons. The number of pyridine rings is 1. The zero-order valence-corrected chi connectivity index (χ0v) is 15.0. The number of hydrogen-bond donors (Lipinski definition) is 3. The van der Waals surface area contributed by atoms with Crippen molar-refractivity contribution < 1.29 is 14.2 Å². The highest BCUT2D eigenvalue weighted by atomic mass is 19.1. The van der Waals surface area contributed by atoms with Gasteiger partial charge >= 0.3 is 0 Å². The summed E-state index contributed by atoms with van der Waals surface area (Å²) in [6.45, 7) is 1.75. The molecule has 2 heterocycles. The minimum absolute atomic E-state index is 0.0626. The second kappa shape index (κ2) is 8.41. The predicted molar refractivity (Wildman–Crippen MR) is 102 cm³/mol. The van der Waals surface area contributed by atoms with Gasteiger partial charge in [-0.25, -0.2) is 9.37 Å². The van der Waals surface area contributed by atoms with Gasteiger partial charge in [0.1, 0.15) is 5.82 Å². The van der Waals surface area contributed by atoms with Crippen molar-refractivity contribution in [2.24, 2.45) is 0 Å². The van der Waals surface area contributed by atoms with Gasteiger partial charge in [-0.2, -0.15) is 4.98 Å². The molecule has 3 rings (SSSR count). The molecule has 0 unspecified atom stereocenters. The average molecular weight is 369 g/mol. The second-order valence-electron chi connectivity index (χ2n) is 5.91. The van der Waals surface area contributed by atoms with Crippen LogP contribution in [-0.4, -0.2) is 39.8 Å². The molecule has 8 heteroatoms. The van der Waals surface area contributed by atoms with Gasteiger partial charge in [0.15, 0.2) is 11.6 Å². The van der Waals surface area contributed by atoms with E-state index in [1.807, 2.05) is 19.1 Å². The Hall–Kier alpha value is -3.26. The SMILES string of the molecule is COc1ccc(Nc2cc(-c3cccnc3)nc(N[C@@H](C)CO)n2)cc1F. The summed E-state index contributed by atoms with van der Waals surface area (Å²) >= 11 is 0. The molecule has 27 heavy (non-hydrogen) atoms. The zero-order valence-electron chi connectivity index (χ0n) is 15.0. The normalized spacial score (nSPS) is 11.7. The maximum Gasteiger partial charge on any atom is 0.225 e. The van der Waals surface area contributed by atoms with Crippen molar-refractivity contribution in [2.45, 2.75) is 13.0 Å². The molecule has 2 aromatic heterocycles. The number of anilines is 3. The van der Waals surface area contributed by atoms with Crippen LogP contribution in [-0.2, 0) is 0 Å². The molecule has 0 aliphatic rings. The number of ether oxygens (including phenoxy) is 1. The summed E-state index contributed by atoms with van der Waals surface area (Å²) in [6.07, 6.45) is 3.37. The summed E-state index contributed by atoms with van der Waals surface area (Å²) in [7, 11) is 1.41. The molecule has 0 aliphatic heterocycles. The third-order valence-corrected chi connectivity index (χ3v) is 3.76. The summed E-state index contributed by atoms with van der Waals surface area (Å²) < 4.78 is 18.9. The molecule has 1 atom stereocenters. The molecular weight excluding hydrogens is 349 g/mol. The van der Waals surface area contributed by atoms with Crippen LogP contribution in [0.4, 0.5) is 21.8 Å². The fraction of sp³-hybridized carbons (Fsp3) is 0.211. The number of methoxy groups -OCH3 is 1. The first kappa shape index (κ1) is 18.5. The molecular formula is C19H20FN5O2. The highest BCUT2D eigenvalue weighted by Crippen LogP contribution is 2.26. The number of benzene rings is 1. The third-order valence-electron chi connectivity index (χ3n) is 3.76. The Morgan fingerprint density at radius 1 is 1.22 bits per heavy atom. The van der Waals surface area contributed by atoms with Crippen molar-refractivity contribution in [3.8, 4) is 17.0 Å². The molecule has 3 N–H and O–H groups in total. The molecule has 0 saturated heterocycles. The molecule has 0 amide bonds. The van der Waals surface area contributed by atoms with Crippen LogP contribution in [0.2, 0.25) is 0 Å². The van der Waals surface area contributed by atoms with E-state index in [4.69, 9.17) is 4.74 Å². The number of aliphatic hydroxyl groups is 1. The molecule has 0 aliphatic carbocycles. The van der Waals surface area contributed by atoms with E-state index in [0.29, 0.717) is 23.1 Å². The standard InChI is InChI=1S/C19H20FN5O2/c1-12(11-26)22-19-24-16(13-4-3-7-21-10-13)9-18(25-19)23-14-5-6-17(27-2)15(20)8-14/h3-10,12,26H,11H2,1-2H3,(H2,22,23,24,25)/t12-/m0/s1. The number of aliphatic hydroxyl groups excluding tert-OH is 1. The lowest BCUT2D eigenvalue weighted by Crippen LogP contribution is -2.21. The number of nitrogens with zero attached hydrogens (tertiary/aromatic N) is 3. The van der Waals surface area contributed by atoms with Gasteiger partial charge in [-0.05, 0) is 31.2 Å². The topological polar surface area (TPSA) is 92.2 Å². The van der Waals surface area contributed by atoms with Crippen molar-refractivity contribution in [2.75, 3.05) is 24.4 Å². The minimum atomic E-state index is -0.476. The van der Waals surface area contributed by atoms with Crippen molar-refractivity contribution in [3.63, 3.8) is 0 Å². The number of aromatic nitrogens is 3. The third kappa shape index (κ3) is 4.68. The minimum Gasteiger partial charge on any atom is -0.494 e. The summed E-state index contributed by atoms with van der Waals surface area (Å²) in [5.41, 5.74) is 1.97. The molecule has 3 aromatic rings. The van der Waals surface area contributed by atoms with Crippen LogP contribution in [0.5, 0.6) is 5.75 Å². The van der Waals surface area contributed by atoms with E-state index in [2.05, 4.69) is 25.6 Å². The Bertz CT molecular complexity index is 908. The highest BCUT2D eigenvalue weighted by molar-refractivity contribution is 5.67. The van der Waals surface area contributed by atoms with Gasteiger partial charge in [0.2, 0.25) is 5.95 Å². The quantitative estimate of drug-likeness (QED) is 0.589. The van der Waals surface area contributed by atoms with Crippen LogP contribution < -0.4 is 15.4 Å². The molecule has 0 spiro atoms. The van der Waals surface area contributed by atoms with E-state index in [0.717, 1.165) is 5.56 Å². The number of halogens is 1. The first-order valence-corrected chi connectivity index (χ1v) is 8.36. The van der Waals surface area contributed by atoms with Crippen molar-refractivity contribution in [3.05, 3.63) is 54.6 Å². The van der Waals surface area contributed by atoms with Gasteiger partial charge in [-0.3, -0.25) is 4.98 Å². The molecule has 0 bridgehead atoms. The van der Waals surface area contributed by atoms with Crippen LogP contribution in [0.3, 0.4) is 0 Å². The average Bonchev–Trinajstić information content (AvgIpc) is 2.68. The first-order chi connectivity index (χ1) is 13.1. The summed E-state index contributed by atoms with van der Waals surface area (Å²) in [5, 5.41) is 15.4. The predicted octanol–water partition coefficient (Wildman–Crippen LogP) is 3.22. The van der Waals surface area contributed by atoms with Gasteiger partial charge in [0, 0.05) is 41.8 Å². The fourth-order valence-corrected chi connectivity index (χ4v) is 2.40. The summed E-state index contributed by atoms with van der Waals surface area (Å²) in [4.78, 5) is 13.0. The fourth-order valence-electron chi connectivity index (χ4n) is 2.40. The Morgan fingerprint density at radius 3 is 2.74 bits per heavy atom. The van der Waals surface area contributed by atoms with Crippen LogP contribution in [0.1, 0.15) is 6.92 Å². The van der Waals surface area contributed by atoms with Gasteiger partial charge in [0.05, 0.1) is 19.4 Å². The Labute approximate surface area is 156 Å². The lowest BCUT2D eigenvalue weighted by atomic mass is 10.2. The van der Waals surface area contributed by atoms with Gasteiger partial charge in [0.25, 0.3) is 0 Å². The summed E-state index contributed by atoms with van der Waals surface area (Å²) in [6, 6.07) is 9.77. The van der Waals surface area contributed by atoms with Crippen molar-refractivity contribution in [1.29, 1.82) is 0 Å². The Balaban J connectivity index is 1.95. The van der Waals surface area contributed by atoms with E-state index in [1.165, 1.54) is 19.2 Å². The molecule has 0 fully saturated rings. The highest BCUT2D eigenvalue weighted by Gasteiger charge is 2.11. The van der Waals surface area contributed by atoms with Crippen LogP contribution in [0.15, 0.2) is 48.8 Å². The van der Waals surface area contributed by atoms with E-state index >= 15 is 0 Å². The Morgan fingerprint density at radius 2 is 2.07 bits per heavy atom. The van der Waals surface area contributed by atoms with Crippen LogP contribution in [0, 0.1) is 5.82 Å². The lowest BCUT2D eigenvalue weighted by molar-refractivity contribution is 0.281. The monoisotopic (exact) mass is 369 g/mol. The zero-order chi connectivity index (χ0) is 19.2. The molecule has 0 radical (unpaired) electrons. The van der Waals surface area contributed by atoms with Gasteiger partial charge in [-0.15, -0.1) is 0 Å². The van der Waals surface area contributed by atoms with Crippen molar-refractivity contribution in [1.82, 2.24) is 15.0 Å². The molecule has 1 aromatic carbocycles. The van der Waals surface area contributed by atoms with E-state index in [-0.39, 0.29) is 18.4 Å². The maximum absolute atomic E-state index is 13.9. The van der Waals surface area contributed by atoms with E-state index < -0.39 is 5.82 Å². The number of hydrogen-bond acceptors (Lipinski definition) is 7. The molecule has 0 saturated carbocycles. The number of rotatable bonds is 7. The van der Waals surface area contributed by atoms with Crippen molar-refractivity contribution >= 4 is 17.5 Å². The lowest BCUT2D eigenvalue weighted by Gasteiger charge is -2.14.